The number of ether oxygens (including phenoxy) is 2. The monoisotopic (exact) mass is 354 g/mol. The van der Waals surface area contributed by atoms with Crippen LogP contribution in [0, 0.1) is 10.8 Å². The van der Waals surface area contributed by atoms with Crippen molar-refractivity contribution in [3.63, 3.8) is 0 Å². The second-order valence-electron chi connectivity index (χ2n) is 9.80. The van der Waals surface area contributed by atoms with E-state index in [9.17, 15) is 0 Å². The van der Waals surface area contributed by atoms with Crippen molar-refractivity contribution in [1.82, 2.24) is 0 Å². The zero-order valence-electron chi connectivity index (χ0n) is 17.4. The number of methoxy groups -OCH3 is 1. The smallest absolute Gasteiger partial charge is 0.204 e. The molecule has 0 heterocycles. The van der Waals surface area contributed by atoms with Gasteiger partial charge in [-0.3, -0.25) is 0 Å². The Morgan fingerprint density at radius 3 is 1.71 bits per heavy atom. The summed E-state index contributed by atoms with van der Waals surface area (Å²) in [6.07, 6.45) is 6.95. The van der Waals surface area contributed by atoms with Gasteiger partial charge < -0.3 is 9.47 Å². The number of benzene rings is 1. The summed E-state index contributed by atoms with van der Waals surface area (Å²) in [5.74, 6) is 2.68. The Hall–Kier alpha value is -0.670. The molecule has 0 aliphatic carbocycles. The normalized spacial score (nSPS) is 16.6. The first-order valence-corrected chi connectivity index (χ1v) is 11.7. The van der Waals surface area contributed by atoms with Crippen molar-refractivity contribution in [3.05, 3.63) is 29.8 Å². The maximum Gasteiger partial charge on any atom is 0.204 e. The van der Waals surface area contributed by atoms with Gasteiger partial charge in [0.15, 0.2) is 0 Å². The Bertz CT molecular complexity index is 501. The lowest BCUT2D eigenvalue weighted by atomic mass is 9.78. The standard InChI is InChI=1S/C21H38O2S/c1-20(2,3)18(15-24(8,9)10)16-11-13-17(14-12-16)23-19(22-7)21(4,5)6/h11-14,18-19H,15H2,1-10H3. The lowest BCUT2D eigenvalue weighted by Gasteiger charge is -2.38. The van der Waals surface area contributed by atoms with Gasteiger partial charge in [0.2, 0.25) is 6.29 Å². The summed E-state index contributed by atoms with van der Waals surface area (Å²) in [5, 5.41) is 0. The Morgan fingerprint density at radius 2 is 1.38 bits per heavy atom. The van der Waals surface area contributed by atoms with Crippen LogP contribution in [0.2, 0.25) is 0 Å². The highest BCUT2D eigenvalue weighted by molar-refractivity contribution is 8.32. The SMILES string of the molecule is COC(Oc1ccc(C(CS(C)(C)C)C(C)(C)C)cc1)C(C)(C)C. The molecule has 24 heavy (non-hydrogen) atoms. The average molecular weight is 355 g/mol. The highest BCUT2D eigenvalue weighted by Crippen LogP contribution is 2.47. The molecule has 0 radical (unpaired) electrons. The largest absolute Gasteiger partial charge is 0.464 e. The molecule has 0 amide bonds. The molecule has 3 heteroatoms. The minimum atomic E-state index is -0.558. The van der Waals surface area contributed by atoms with E-state index in [1.807, 2.05) is 0 Å². The topological polar surface area (TPSA) is 18.5 Å². The zero-order valence-corrected chi connectivity index (χ0v) is 18.2. The zero-order chi connectivity index (χ0) is 18.8. The van der Waals surface area contributed by atoms with Gasteiger partial charge in [0, 0.05) is 12.5 Å². The Kier molecular flexibility index (Phi) is 6.85. The molecule has 2 unspecified atom stereocenters. The van der Waals surface area contributed by atoms with Crippen LogP contribution in [-0.4, -0.2) is 37.9 Å². The molecular formula is C21H38O2S. The van der Waals surface area contributed by atoms with E-state index in [4.69, 9.17) is 9.47 Å². The molecule has 140 valence electrons. The fourth-order valence-electron chi connectivity index (χ4n) is 2.83. The molecule has 1 rings (SSSR count). The van der Waals surface area contributed by atoms with Crippen LogP contribution in [0.15, 0.2) is 24.3 Å². The third kappa shape index (κ3) is 6.68. The van der Waals surface area contributed by atoms with Gasteiger partial charge in [-0.15, -0.1) is 0 Å². The van der Waals surface area contributed by atoms with Crippen molar-refractivity contribution >= 4 is 10.0 Å². The fraction of sp³-hybridized carbons (Fsp3) is 0.714. The Morgan fingerprint density at radius 1 is 0.875 bits per heavy atom. The number of hydrogen-bond acceptors (Lipinski definition) is 2. The van der Waals surface area contributed by atoms with Gasteiger partial charge in [0.25, 0.3) is 0 Å². The summed E-state index contributed by atoms with van der Waals surface area (Å²) in [4.78, 5) is 0. The maximum atomic E-state index is 6.03. The van der Waals surface area contributed by atoms with E-state index >= 15 is 0 Å². The van der Waals surface area contributed by atoms with Crippen LogP contribution >= 0.6 is 10.0 Å². The minimum Gasteiger partial charge on any atom is -0.464 e. The second-order valence-corrected chi connectivity index (χ2v) is 14.3. The summed E-state index contributed by atoms with van der Waals surface area (Å²) < 4.78 is 11.5. The quantitative estimate of drug-likeness (QED) is 0.591. The van der Waals surface area contributed by atoms with Gasteiger partial charge in [-0.1, -0.05) is 53.7 Å². The number of hydrogen-bond donors (Lipinski definition) is 0. The van der Waals surface area contributed by atoms with Gasteiger partial charge in [0.1, 0.15) is 5.75 Å². The molecule has 0 saturated carbocycles. The van der Waals surface area contributed by atoms with Gasteiger partial charge in [0.05, 0.1) is 0 Å². The Labute approximate surface area is 151 Å². The van der Waals surface area contributed by atoms with Crippen LogP contribution in [0.1, 0.15) is 53.0 Å². The van der Waals surface area contributed by atoms with Crippen molar-refractivity contribution in [2.45, 2.75) is 53.8 Å². The average Bonchev–Trinajstić information content (AvgIpc) is 2.39. The summed E-state index contributed by atoms with van der Waals surface area (Å²) in [6, 6.07) is 8.63. The molecule has 1 aromatic rings. The van der Waals surface area contributed by atoms with Crippen LogP contribution in [0.3, 0.4) is 0 Å². The first kappa shape index (κ1) is 21.4. The molecule has 2 nitrogen and oxygen atoms in total. The summed E-state index contributed by atoms with van der Waals surface area (Å²) >= 11 is 0. The lowest BCUT2D eigenvalue weighted by Crippen LogP contribution is -2.33. The van der Waals surface area contributed by atoms with Gasteiger partial charge in [-0.2, -0.15) is 0 Å². The predicted octanol–water partition coefficient (Wildman–Crippen LogP) is 5.91. The van der Waals surface area contributed by atoms with Gasteiger partial charge in [-0.25, -0.2) is 10.0 Å². The molecular weight excluding hydrogens is 316 g/mol. The van der Waals surface area contributed by atoms with E-state index in [1.165, 1.54) is 11.3 Å². The van der Waals surface area contributed by atoms with E-state index < -0.39 is 10.0 Å². The van der Waals surface area contributed by atoms with E-state index in [-0.39, 0.29) is 17.1 Å². The number of rotatable bonds is 6. The molecule has 0 bridgehead atoms. The van der Waals surface area contributed by atoms with Crippen molar-refractivity contribution in [3.8, 4) is 5.75 Å². The van der Waals surface area contributed by atoms with Crippen LogP contribution in [0.25, 0.3) is 0 Å². The van der Waals surface area contributed by atoms with Crippen LogP contribution in [0.5, 0.6) is 5.75 Å². The van der Waals surface area contributed by atoms with E-state index in [0.29, 0.717) is 5.92 Å². The summed E-state index contributed by atoms with van der Waals surface area (Å²) in [6.45, 7) is 13.4. The van der Waals surface area contributed by atoms with Crippen molar-refractivity contribution in [2.75, 3.05) is 31.6 Å². The van der Waals surface area contributed by atoms with E-state index in [1.54, 1.807) is 7.11 Å². The van der Waals surface area contributed by atoms with Gasteiger partial charge in [-0.05, 0) is 53.5 Å². The molecule has 0 spiro atoms. The van der Waals surface area contributed by atoms with Crippen LogP contribution < -0.4 is 4.74 Å². The van der Waals surface area contributed by atoms with Crippen LogP contribution in [0.4, 0.5) is 0 Å². The summed E-state index contributed by atoms with van der Waals surface area (Å²) in [7, 11) is 1.14. The van der Waals surface area contributed by atoms with Crippen LogP contribution in [-0.2, 0) is 4.74 Å². The van der Waals surface area contributed by atoms with Crippen molar-refractivity contribution in [1.29, 1.82) is 0 Å². The van der Waals surface area contributed by atoms with Gasteiger partial charge >= 0.3 is 0 Å². The molecule has 0 saturated heterocycles. The maximum absolute atomic E-state index is 6.03. The molecule has 0 aliphatic rings. The molecule has 1 aromatic carbocycles. The molecule has 2 atom stereocenters. The van der Waals surface area contributed by atoms with E-state index in [2.05, 4.69) is 84.6 Å². The van der Waals surface area contributed by atoms with Crippen molar-refractivity contribution < 1.29 is 9.47 Å². The predicted molar refractivity (Wildman–Crippen MR) is 110 cm³/mol. The minimum absolute atomic E-state index is 0.0586. The first-order valence-electron chi connectivity index (χ1n) is 8.69. The summed E-state index contributed by atoms with van der Waals surface area (Å²) in [5.41, 5.74) is 1.60. The Balaban J connectivity index is 2.99. The van der Waals surface area contributed by atoms with E-state index in [0.717, 1.165) is 5.75 Å². The first-order chi connectivity index (χ1) is 10.7. The molecule has 0 N–H and O–H groups in total. The highest BCUT2D eigenvalue weighted by atomic mass is 32.3. The second kappa shape index (κ2) is 7.70. The third-order valence-corrected chi connectivity index (χ3v) is 5.49. The highest BCUT2D eigenvalue weighted by Gasteiger charge is 2.29. The molecule has 0 aromatic heterocycles. The fourth-order valence-corrected chi connectivity index (χ4v) is 4.52. The molecule has 0 fully saturated rings. The third-order valence-electron chi connectivity index (χ3n) is 4.16. The molecule has 0 aliphatic heterocycles. The van der Waals surface area contributed by atoms with Crippen molar-refractivity contribution in [2.24, 2.45) is 10.8 Å². The lowest BCUT2D eigenvalue weighted by molar-refractivity contribution is -0.120.